The molecule has 0 bridgehead atoms. The van der Waals surface area contributed by atoms with E-state index < -0.39 is 0 Å². The summed E-state index contributed by atoms with van der Waals surface area (Å²) in [5, 5.41) is 3.38. The van der Waals surface area contributed by atoms with Gasteiger partial charge in [0.1, 0.15) is 5.75 Å². The standard InChI is InChI=1S/C19H16Br2N2O2S/c1-11-3-5-13(6-4-11)18-12(2)26-19(23-18)22-17(24)10-25-16-8-7-14(20)9-15(16)21/h3-9H,10H2,1-2H3,(H,22,23,24). The first-order chi connectivity index (χ1) is 12.4. The molecule has 0 radical (unpaired) electrons. The molecule has 1 heterocycles. The van der Waals surface area contributed by atoms with Crippen molar-refractivity contribution in [2.45, 2.75) is 13.8 Å². The summed E-state index contributed by atoms with van der Waals surface area (Å²) in [5.41, 5.74) is 3.13. The molecule has 0 spiro atoms. The van der Waals surface area contributed by atoms with Crippen LogP contribution in [0.25, 0.3) is 11.3 Å². The number of carbonyl (C=O) groups excluding carboxylic acids is 1. The Morgan fingerprint density at radius 2 is 1.88 bits per heavy atom. The number of carbonyl (C=O) groups is 1. The minimum atomic E-state index is -0.246. The molecule has 0 saturated carbocycles. The number of thiazole rings is 1. The average Bonchev–Trinajstić information content (AvgIpc) is 2.95. The number of hydrogen-bond donors (Lipinski definition) is 1. The summed E-state index contributed by atoms with van der Waals surface area (Å²) in [6.45, 7) is 3.96. The summed E-state index contributed by atoms with van der Waals surface area (Å²) in [7, 11) is 0. The van der Waals surface area contributed by atoms with Gasteiger partial charge in [0.2, 0.25) is 0 Å². The number of amides is 1. The van der Waals surface area contributed by atoms with Gasteiger partial charge in [0.05, 0.1) is 10.2 Å². The van der Waals surface area contributed by atoms with Gasteiger partial charge >= 0.3 is 0 Å². The Bertz CT molecular complexity index is 939. The normalized spacial score (nSPS) is 10.6. The third kappa shape index (κ3) is 4.72. The van der Waals surface area contributed by atoms with E-state index in [1.54, 1.807) is 6.07 Å². The Kier molecular flexibility index (Phi) is 6.11. The molecule has 0 fully saturated rings. The predicted molar refractivity (Wildman–Crippen MR) is 113 cm³/mol. The van der Waals surface area contributed by atoms with Crippen LogP contribution >= 0.6 is 43.2 Å². The molecule has 3 rings (SSSR count). The van der Waals surface area contributed by atoms with E-state index >= 15 is 0 Å². The summed E-state index contributed by atoms with van der Waals surface area (Å²) >= 11 is 8.25. The van der Waals surface area contributed by atoms with Gasteiger partial charge in [-0.15, -0.1) is 11.3 Å². The molecular weight excluding hydrogens is 480 g/mol. The number of aromatic nitrogens is 1. The molecule has 1 N–H and O–H groups in total. The lowest BCUT2D eigenvalue weighted by atomic mass is 10.1. The van der Waals surface area contributed by atoms with Crippen molar-refractivity contribution in [3.63, 3.8) is 0 Å². The summed E-state index contributed by atoms with van der Waals surface area (Å²) in [6, 6.07) is 13.7. The summed E-state index contributed by atoms with van der Waals surface area (Å²) in [4.78, 5) is 17.8. The van der Waals surface area contributed by atoms with Crippen molar-refractivity contribution in [2.75, 3.05) is 11.9 Å². The SMILES string of the molecule is Cc1ccc(-c2nc(NC(=O)COc3ccc(Br)cc3Br)sc2C)cc1. The molecule has 26 heavy (non-hydrogen) atoms. The number of nitrogens with zero attached hydrogens (tertiary/aromatic N) is 1. The fraction of sp³-hybridized carbons (Fsp3) is 0.158. The van der Waals surface area contributed by atoms with Crippen molar-refractivity contribution < 1.29 is 9.53 Å². The van der Waals surface area contributed by atoms with Crippen LogP contribution in [-0.2, 0) is 4.79 Å². The predicted octanol–water partition coefficient (Wildman–Crippen LogP) is 5.97. The van der Waals surface area contributed by atoms with Crippen LogP contribution in [0.5, 0.6) is 5.75 Å². The second kappa shape index (κ2) is 8.33. The van der Waals surface area contributed by atoms with Crippen LogP contribution in [0, 0.1) is 13.8 Å². The largest absolute Gasteiger partial charge is 0.483 e. The van der Waals surface area contributed by atoms with E-state index in [2.05, 4.69) is 54.3 Å². The second-order valence-corrected chi connectivity index (χ2v) is 8.67. The van der Waals surface area contributed by atoms with E-state index in [1.165, 1.54) is 16.9 Å². The highest BCUT2D eigenvalue weighted by Gasteiger charge is 2.13. The number of halogens is 2. The molecule has 134 valence electrons. The van der Waals surface area contributed by atoms with Crippen LogP contribution in [0.4, 0.5) is 5.13 Å². The fourth-order valence-electron chi connectivity index (χ4n) is 2.32. The van der Waals surface area contributed by atoms with Crippen LogP contribution in [0.3, 0.4) is 0 Å². The Balaban J connectivity index is 1.64. The summed E-state index contributed by atoms with van der Waals surface area (Å²) < 4.78 is 7.27. The first-order valence-electron chi connectivity index (χ1n) is 7.84. The van der Waals surface area contributed by atoms with Crippen LogP contribution in [0.15, 0.2) is 51.4 Å². The van der Waals surface area contributed by atoms with Crippen molar-refractivity contribution in [3.8, 4) is 17.0 Å². The highest BCUT2D eigenvalue weighted by atomic mass is 79.9. The topological polar surface area (TPSA) is 51.2 Å². The van der Waals surface area contributed by atoms with E-state index in [9.17, 15) is 4.79 Å². The van der Waals surface area contributed by atoms with Crippen LogP contribution < -0.4 is 10.1 Å². The van der Waals surface area contributed by atoms with Gasteiger partial charge in [0.15, 0.2) is 11.7 Å². The zero-order chi connectivity index (χ0) is 18.7. The lowest BCUT2D eigenvalue weighted by molar-refractivity contribution is -0.118. The lowest BCUT2D eigenvalue weighted by Crippen LogP contribution is -2.20. The molecule has 0 aliphatic carbocycles. The number of hydrogen-bond acceptors (Lipinski definition) is 4. The first-order valence-corrected chi connectivity index (χ1v) is 10.2. The second-order valence-electron chi connectivity index (χ2n) is 5.70. The Morgan fingerprint density at radius 3 is 2.58 bits per heavy atom. The zero-order valence-electron chi connectivity index (χ0n) is 14.2. The van der Waals surface area contributed by atoms with Gasteiger partial charge in [0, 0.05) is 14.9 Å². The number of nitrogens with one attached hydrogen (secondary N) is 1. The third-order valence-corrected chi connectivity index (χ3v) is 5.62. The monoisotopic (exact) mass is 494 g/mol. The maximum Gasteiger partial charge on any atom is 0.264 e. The number of aryl methyl sites for hydroxylation is 2. The number of ether oxygens (including phenoxy) is 1. The molecule has 1 aromatic heterocycles. The van der Waals surface area contributed by atoms with Crippen LogP contribution in [0.1, 0.15) is 10.4 Å². The van der Waals surface area contributed by atoms with Crippen LogP contribution in [0.2, 0.25) is 0 Å². The van der Waals surface area contributed by atoms with Gasteiger partial charge in [-0.25, -0.2) is 4.98 Å². The van der Waals surface area contributed by atoms with E-state index in [0.29, 0.717) is 10.9 Å². The van der Waals surface area contributed by atoms with E-state index in [0.717, 1.165) is 25.1 Å². The molecule has 0 aliphatic rings. The molecule has 4 nitrogen and oxygen atoms in total. The lowest BCUT2D eigenvalue weighted by Gasteiger charge is -2.08. The molecule has 0 atom stereocenters. The third-order valence-electron chi connectivity index (χ3n) is 3.62. The Morgan fingerprint density at radius 1 is 1.15 bits per heavy atom. The quantitative estimate of drug-likeness (QED) is 0.474. The van der Waals surface area contributed by atoms with Crippen molar-refractivity contribution in [1.82, 2.24) is 4.98 Å². The fourth-order valence-corrected chi connectivity index (χ4v) is 4.33. The average molecular weight is 496 g/mol. The van der Waals surface area contributed by atoms with Crippen LogP contribution in [-0.4, -0.2) is 17.5 Å². The minimum absolute atomic E-state index is 0.0846. The molecule has 3 aromatic rings. The molecule has 1 amide bonds. The maximum atomic E-state index is 12.2. The van der Waals surface area contributed by atoms with Crippen molar-refractivity contribution in [3.05, 3.63) is 61.9 Å². The van der Waals surface area contributed by atoms with E-state index in [-0.39, 0.29) is 12.5 Å². The van der Waals surface area contributed by atoms with Gasteiger partial charge in [-0.05, 0) is 48.0 Å². The maximum absolute atomic E-state index is 12.2. The number of benzene rings is 2. The Hall–Kier alpha value is -1.70. The van der Waals surface area contributed by atoms with Gasteiger partial charge in [-0.1, -0.05) is 45.8 Å². The van der Waals surface area contributed by atoms with Crippen molar-refractivity contribution >= 4 is 54.2 Å². The minimum Gasteiger partial charge on any atom is -0.483 e. The zero-order valence-corrected chi connectivity index (χ0v) is 18.2. The van der Waals surface area contributed by atoms with Crippen molar-refractivity contribution in [2.24, 2.45) is 0 Å². The van der Waals surface area contributed by atoms with E-state index in [4.69, 9.17) is 4.74 Å². The summed E-state index contributed by atoms with van der Waals surface area (Å²) in [5.74, 6) is 0.364. The summed E-state index contributed by atoms with van der Waals surface area (Å²) in [6.07, 6.45) is 0. The number of rotatable bonds is 5. The Labute approximate surface area is 172 Å². The van der Waals surface area contributed by atoms with Gasteiger partial charge < -0.3 is 4.74 Å². The highest BCUT2D eigenvalue weighted by molar-refractivity contribution is 9.11. The van der Waals surface area contributed by atoms with Gasteiger partial charge in [-0.3, -0.25) is 10.1 Å². The molecule has 7 heteroatoms. The van der Waals surface area contributed by atoms with Crippen molar-refractivity contribution in [1.29, 1.82) is 0 Å². The van der Waals surface area contributed by atoms with Gasteiger partial charge in [-0.2, -0.15) is 0 Å². The molecule has 2 aromatic carbocycles. The highest BCUT2D eigenvalue weighted by Crippen LogP contribution is 2.31. The smallest absolute Gasteiger partial charge is 0.264 e. The first kappa shape index (κ1) is 19.1. The molecule has 0 saturated heterocycles. The molecule has 0 aliphatic heterocycles. The van der Waals surface area contributed by atoms with Gasteiger partial charge in [0.25, 0.3) is 5.91 Å². The molecular formula is C19H16Br2N2O2S. The number of anilines is 1. The molecule has 0 unspecified atom stereocenters. The van der Waals surface area contributed by atoms with E-state index in [1.807, 2.05) is 38.1 Å².